The average molecular weight is 789 g/mol. The molecule has 62 heavy (non-hydrogen) atoms. The number of rotatable bonds is 7. The van der Waals surface area contributed by atoms with Crippen molar-refractivity contribution in [2.45, 2.75) is 0 Å². The maximum atomic E-state index is 2.43. The van der Waals surface area contributed by atoms with Crippen molar-refractivity contribution in [2.75, 3.05) is 0 Å². The SMILES string of the molecule is c1ccc(-c2cccc(-n3c4ccc(-c5ccccc5)cc4c4cc(-c5ccc6c(c5)c5cc(-c7ccccc7)ccc5n6-c5cccc(-c6ccccc6)c5)ccc43)c2)cc1. The Morgan fingerprint density at radius 1 is 0.177 bits per heavy atom. The van der Waals surface area contributed by atoms with E-state index in [1.54, 1.807) is 0 Å². The summed E-state index contributed by atoms with van der Waals surface area (Å²) in [5.41, 5.74) is 19.1. The van der Waals surface area contributed by atoms with Gasteiger partial charge in [-0.15, -0.1) is 0 Å². The highest BCUT2D eigenvalue weighted by atomic mass is 15.0. The van der Waals surface area contributed by atoms with Crippen LogP contribution in [-0.4, -0.2) is 9.13 Å². The van der Waals surface area contributed by atoms with E-state index in [2.05, 4.69) is 252 Å². The van der Waals surface area contributed by atoms with Crippen molar-refractivity contribution < 1.29 is 0 Å². The van der Waals surface area contributed by atoms with Crippen molar-refractivity contribution in [1.82, 2.24) is 9.13 Å². The topological polar surface area (TPSA) is 9.86 Å². The predicted octanol–water partition coefficient (Wildman–Crippen LogP) is 16.2. The molecular weight excluding hydrogens is 749 g/mol. The molecule has 0 aliphatic heterocycles. The molecule has 0 bridgehead atoms. The standard InChI is InChI=1S/C60H40N2/c1-5-15-41(16-6-1)45-23-13-25-51(35-45)61-57-31-27-47(43-19-9-3-10-20-43)37-53(57)55-39-49(29-33-59(55)61)50-30-34-60-56(40-50)54-38-48(44-21-11-4-12-22-44)28-32-58(54)62(60)52-26-14-24-46(36-52)42-17-7-2-8-18-42/h1-40H. The number of hydrogen-bond donors (Lipinski definition) is 0. The molecule has 10 aromatic carbocycles. The molecule has 0 aliphatic rings. The lowest BCUT2D eigenvalue weighted by Gasteiger charge is -2.11. The second-order valence-electron chi connectivity index (χ2n) is 16.2. The smallest absolute Gasteiger partial charge is 0.0541 e. The van der Waals surface area contributed by atoms with Crippen LogP contribution in [-0.2, 0) is 0 Å². The third-order valence-corrected chi connectivity index (χ3v) is 12.5. The molecule has 0 atom stereocenters. The molecule has 0 aliphatic carbocycles. The number of hydrogen-bond acceptors (Lipinski definition) is 0. The van der Waals surface area contributed by atoms with Crippen LogP contribution in [0.2, 0.25) is 0 Å². The van der Waals surface area contributed by atoms with E-state index in [0.29, 0.717) is 0 Å². The monoisotopic (exact) mass is 788 g/mol. The Bertz CT molecular complexity index is 3360. The van der Waals surface area contributed by atoms with Crippen LogP contribution in [0.15, 0.2) is 243 Å². The van der Waals surface area contributed by atoms with Gasteiger partial charge in [-0.05, 0) is 128 Å². The molecule has 0 saturated heterocycles. The summed E-state index contributed by atoms with van der Waals surface area (Å²) in [5, 5.41) is 4.92. The number of fused-ring (bicyclic) bond motifs is 6. The fourth-order valence-electron chi connectivity index (χ4n) is 9.49. The van der Waals surface area contributed by atoms with Gasteiger partial charge in [-0.1, -0.05) is 170 Å². The van der Waals surface area contributed by atoms with E-state index in [1.807, 2.05) is 0 Å². The Morgan fingerprint density at radius 2 is 0.419 bits per heavy atom. The minimum absolute atomic E-state index is 1.14. The molecule has 0 unspecified atom stereocenters. The van der Waals surface area contributed by atoms with Crippen molar-refractivity contribution in [3.8, 4) is 67.0 Å². The lowest BCUT2D eigenvalue weighted by atomic mass is 9.98. The maximum absolute atomic E-state index is 2.43. The van der Waals surface area contributed by atoms with E-state index in [1.165, 1.54) is 99.2 Å². The lowest BCUT2D eigenvalue weighted by molar-refractivity contribution is 1.18. The third kappa shape index (κ3) is 6.12. The number of aromatic nitrogens is 2. The Morgan fingerprint density at radius 3 is 0.710 bits per heavy atom. The molecule has 0 saturated carbocycles. The normalized spacial score (nSPS) is 11.5. The molecule has 12 aromatic rings. The lowest BCUT2D eigenvalue weighted by Crippen LogP contribution is -1.95. The van der Waals surface area contributed by atoms with Crippen molar-refractivity contribution in [2.24, 2.45) is 0 Å². The van der Waals surface area contributed by atoms with Crippen molar-refractivity contribution in [3.05, 3.63) is 243 Å². The van der Waals surface area contributed by atoms with Crippen LogP contribution < -0.4 is 0 Å². The van der Waals surface area contributed by atoms with Crippen LogP contribution in [0, 0.1) is 0 Å². The molecule has 0 radical (unpaired) electrons. The number of benzene rings is 10. The molecule has 290 valence electrons. The Balaban J connectivity index is 1.06. The second kappa shape index (κ2) is 14.8. The fourth-order valence-corrected chi connectivity index (χ4v) is 9.49. The summed E-state index contributed by atoms with van der Waals surface area (Å²) in [4.78, 5) is 0. The first-order chi connectivity index (χ1) is 30.7. The van der Waals surface area contributed by atoms with E-state index >= 15 is 0 Å². The van der Waals surface area contributed by atoms with Crippen LogP contribution in [0.4, 0.5) is 0 Å². The van der Waals surface area contributed by atoms with Crippen LogP contribution in [0.5, 0.6) is 0 Å². The highest BCUT2D eigenvalue weighted by molar-refractivity contribution is 6.14. The summed E-state index contributed by atoms with van der Waals surface area (Å²) in [6, 6.07) is 88.5. The van der Waals surface area contributed by atoms with E-state index in [0.717, 1.165) is 11.4 Å². The molecule has 0 fully saturated rings. The number of nitrogens with zero attached hydrogens (tertiary/aromatic N) is 2. The Kier molecular flexibility index (Phi) is 8.53. The van der Waals surface area contributed by atoms with Crippen molar-refractivity contribution >= 4 is 43.6 Å². The first kappa shape index (κ1) is 35.7. The van der Waals surface area contributed by atoms with Gasteiger partial charge in [-0.2, -0.15) is 0 Å². The van der Waals surface area contributed by atoms with Gasteiger partial charge < -0.3 is 9.13 Å². The van der Waals surface area contributed by atoms with Crippen LogP contribution in [0.1, 0.15) is 0 Å². The summed E-state index contributed by atoms with van der Waals surface area (Å²) in [7, 11) is 0. The fraction of sp³-hybridized carbons (Fsp3) is 0. The minimum atomic E-state index is 1.14. The molecule has 2 aromatic heterocycles. The Labute approximate surface area is 360 Å². The van der Waals surface area contributed by atoms with Crippen molar-refractivity contribution in [3.63, 3.8) is 0 Å². The van der Waals surface area contributed by atoms with Gasteiger partial charge in [0, 0.05) is 32.9 Å². The van der Waals surface area contributed by atoms with Gasteiger partial charge in [0.25, 0.3) is 0 Å². The van der Waals surface area contributed by atoms with Gasteiger partial charge in [-0.3, -0.25) is 0 Å². The van der Waals surface area contributed by atoms with Crippen LogP contribution in [0.25, 0.3) is 111 Å². The van der Waals surface area contributed by atoms with E-state index < -0.39 is 0 Å². The van der Waals surface area contributed by atoms with E-state index in [9.17, 15) is 0 Å². The molecule has 0 N–H and O–H groups in total. The molecular formula is C60H40N2. The predicted molar refractivity (Wildman–Crippen MR) is 262 cm³/mol. The second-order valence-corrected chi connectivity index (χ2v) is 16.2. The summed E-state index contributed by atoms with van der Waals surface area (Å²) in [6.07, 6.45) is 0. The zero-order valence-corrected chi connectivity index (χ0v) is 34.0. The molecule has 2 heteroatoms. The van der Waals surface area contributed by atoms with Gasteiger partial charge in [-0.25, -0.2) is 0 Å². The Hall–Kier alpha value is -8.20. The maximum Gasteiger partial charge on any atom is 0.0541 e. The van der Waals surface area contributed by atoms with Gasteiger partial charge in [0.15, 0.2) is 0 Å². The zero-order valence-electron chi connectivity index (χ0n) is 34.0. The molecule has 12 rings (SSSR count). The molecule has 0 amide bonds. The summed E-state index contributed by atoms with van der Waals surface area (Å²) >= 11 is 0. The highest BCUT2D eigenvalue weighted by Crippen LogP contribution is 2.41. The van der Waals surface area contributed by atoms with E-state index in [4.69, 9.17) is 0 Å². The summed E-state index contributed by atoms with van der Waals surface area (Å²) in [6.45, 7) is 0. The van der Waals surface area contributed by atoms with Gasteiger partial charge >= 0.3 is 0 Å². The first-order valence-electron chi connectivity index (χ1n) is 21.3. The van der Waals surface area contributed by atoms with Crippen LogP contribution >= 0.6 is 0 Å². The molecule has 2 heterocycles. The molecule has 2 nitrogen and oxygen atoms in total. The average Bonchev–Trinajstić information content (AvgIpc) is 3.86. The molecule has 0 spiro atoms. The first-order valence-corrected chi connectivity index (χ1v) is 21.3. The van der Waals surface area contributed by atoms with Gasteiger partial charge in [0.05, 0.1) is 22.1 Å². The highest BCUT2D eigenvalue weighted by Gasteiger charge is 2.18. The van der Waals surface area contributed by atoms with Gasteiger partial charge in [0.2, 0.25) is 0 Å². The zero-order chi connectivity index (χ0) is 41.0. The van der Waals surface area contributed by atoms with E-state index in [-0.39, 0.29) is 0 Å². The van der Waals surface area contributed by atoms with Crippen LogP contribution in [0.3, 0.4) is 0 Å². The summed E-state index contributed by atoms with van der Waals surface area (Å²) in [5.74, 6) is 0. The minimum Gasteiger partial charge on any atom is -0.309 e. The largest absolute Gasteiger partial charge is 0.309 e. The van der Waals surface area contributed by atoms with Gasteiger partial charge in [0.1, 0.15) is 0 Å². The summed E-state index contributed by atoms with van der Waals surface area (Å²) < 4.78 is 4.86. The quantitative estimate of drug-likeness (QED) is 0.152. The third-order valence-electron chi connectivity index (χ3n) is 12.5. The van der Waals surface area contributed by atoms with Crippen molar-refractivity contribution in [1.29, 1.82) is 0 Å².